The Bertz CT molecular complexity index is 364. The van der Waals surface area contributed by atoms with Crippen LogP contribution in [0.3, 0.4) is 0 Å². The van der Waals surface area contributed by atoms with Gasteiger partial charge in [-0.2, -0.15) is 0 Å². The molecule has 4 nitrogen and oxygen atoms in total. The first-order valence-electron chi connectivity index (χ1n) is 7.52. The zero-order chi connectivity index (χ0) is 15.0. The molecule has 1 aromatic rings. The summed E-state index contributed by atoms with van der Waals surface area (Å²) in [5.41, 5.74) is 1.22. The summed E-state index contributed by atoms with van der Waals surface area (Å²) in [6.45, 7) is 11.2. The van der Waals surface area contributed by atoms with Crippen LogP contribution in [-0.2, 0) is 11.3 Å². The first-order valence-corrected chi connectivity index (χ1v) is 7.52. The van der Waals surface area contributed by atoms with Gasteiger partial charge in [0.05, 0.1) is 6.61 Å². The lowest BCUT2D eigenvalue weighted by atomic mass is 10.2. The predicted molar refractivity (Wildman–Crippen MR) is 85.2 cm³/mol. The molecule has 0 saturated heterocycles. The van der Waals surface area contributed by atoms with Crippen molar-refractivity contribution >= 4 is 5.82 Å². The number of ether oxygens (including phenoxy) is 1. The molecule has 0 fully saturated rings. The largest absolute Gasteiger partial charge is 0.383 e. The molecule has 1 N–H and O–H groups in total. The number of rotatable bonds is 9. The molecule has 20 heavy (non-hydrogen) atoms. The number of anilines is 1. The van der Waals surface area contributed by atoms with Gasteiger partial charge in [0.2, 0.25) is 0 Å². The Morgan fingerprint density at radius 2 is 2.05 bits per heavy atom. The van der Waals surface area contributed by atoms with E-state index >= 15 is 0 Å². The lowest BCUT2D eigenvalue weighted by Crippen LogP contribution is -2.36. The van der Waals surface area contributed by atoms with Gasteiger partial charge in [-0.15, -0.1) is 0 Å². The minimum Gasteiger partial charge on any atom is -0.383 e. The van der Waals surface area contributed by atoms with E-state index in [4.69, 9.17) is 4.74 Å². The molecule has 4 heteroatoms. The normalized spacial score (nSPS) is 12.7. The van der Waals surface area contributed by atoms with Gasteiger partial charge in [-0.3, -0.25) is 0 Å². The van der Waals surface area contributed by atoms with Crippen molar-refractivity contribution in [2.75, 3.05) is 25.2 Å². The van der Waals surface area contributed by atoms with Crippen molar-refractivity contribution in [3.8, 4) is 0 Å². The second-order valence-corrected chi connectivity index (χ2v) is 5.50. The van der Waals surface area contributed by atoms with Gasteiger partial charge < -0.3 is 15.0 Å². The Labute approximate surface area is 123 Å². The van der Waals surface area contributed by atoms with E-state index in [1.54, 1.807) is 7.11 Å². The maximum Gasteiger partial charge on any atom is 0.128 e. The third-order valence-electron chi connectivity index (χ3n) is 3.48. The Morgan fingerprint density at radius 1 is 1.30 bits per heavy atom. The van der Waals surface area contributed by atoms with Gasteiger partial charge in [0.1, 0.15) is 5.82 Å². The minimum atomic E-state index is 0.470. The molecule has 0 aliphatic carbocycles. The van der Waals surface area contributed by atoms with Crippen molar-refractivity contribution in [3.05, 3.63) is 23.9 Å². The van der Waals surface area contributed by atoms with Crippen LogP contribution in [0.5, 0.6) is 0 Å². The number of nitrogens with one attached hydrogen (secondary N) is 1. The average Bonchev–Trinajstić information content (AvgIpc) is 2.46. The molecule has 114 valence electrons. The third kappa shape index (κ3) is 5.47. The molecule has 1 heterocycles. The molecule has 0 aliphatic heterocycles. The van der Waals surface area contributed by atoms with Crippen LogP contribution in [0.2, 0.25) is 0 Å². The van der Waals surface area contributed by atoms with E-state index in [2.05, 4.69) is 55.0 Å². The van der Waals surface area contributed by atoms with Crippen LogP contribution in [0.1, 0.15) is 39.7 Å². The predicted octanol–water partition coefficient (Wildman–Crippen LogP) is 2.83. The van der Waals surface area contributed by atoms with E-state index in [1.165, 1.54) is 5.56 Å². The van der Waals surface area contributed by atoms with E-state index < -0.39 is 0 Å². The fraction of sp³-hybridized carbons (Fsp3) is 0.688. The van der Waals surface area contributed by atoms with Gasteiger partial charge in [0.15, 0.2) is 0 Å². The van der Waals surface area contributed by atoms with Crippen LogP contribution in [0, 0.1) is 0 Å². The zero-order valence-corrected chi connectivity index (χ0v) is 13.5. The van der Waals surface area contributed by atoms with E-state index in [9.17, 15) is 0 Å². The van der Waals surface area contributed by atoms with Crippen molar-refractivity contribution in [1.29, 1.82) is 0 Å². The molecule has 1 rings (SSSR count). The molecule has 0 radical (unpaired) electrons. The number of hydrogen-bond donors (Lipinski definition) is 1. The topological polar surface area (TPSA) is 37.4 Å². The lowest BCUT2D eigenvalue weighted by molar-refractivity contribution is 0.203. The average molecular weight is 279 g/mol. The number of hydrogen-bond acceptors (Lipinski definition) is 4. The fourth-order valence-corrected chi connectivity index (χ4v) is 1.98. The zero-order valence-electron chi connectivity index (χ0n) is 13.5. The highest BCUT2D eigenvalue weighted by atomic mass is 16.5. The van der Waals surface area contributed by atoms with E-state index in [0.717, 1.165) is 31.9 Å². The van der Waals surface area contributed by atoms with E-state index in [-0.39, 0.29) is 0 Å². The first kappa shape index (κ1) is 16.9. The van der Waals surface area contributed by atoms with Gasteiger partial charge in [-0.25, -0.2) is 4.98 Å². The third-order valence-corrected chi connectivity index (χ3v) is 3.48. The van der Waals surface area contributed by atoms with Crippen LogP contribution in [0.25, 0.3) is 0 Å². The molecular formula is C16H29N3O. The highest BCUT2D eigenvalue weighted by Gasteiger charge is 2.13. The number of aromatic nitrogens is 1. The van der Waals surface area contributed by atoms with Crippen molar-refractivity contribution in [2.24, 2.45) is 0 Å². The Morgan fingerprint density at radius 3 is 2.55 bits per heavy atom. The molecule has 0 bridgehead atoms. The fourth-order valence-electron chi connectivity index (χ4n) is 1.98. The number of nitrogens with zero attached hydrogens (tertiary/aromatic N) is 2. The van der Waals surface area contributed by atoms with Gasteiger partial charge in [-0.05, 0) is 25.0 Å². The molecule has 1 unspecified atom stereocenters. The van der Waals surface area contributed by atoms with Crippen LogP contribution >= 0.6 is 0 Å². The van der Waals surface area contributed by atoms with Crippen molar-refractivity contribution < 1.29 is 4.74 Å². The van der Waals surface area contributed by atoms with Crippen molar-refractivity contribution in [2.45, 2.75) is 52.7 Å². The summed E-state index contributed by atoms with van der Waals surface area (Å²) in [4.78, 5) is 6.92. The summed E-state index contributed by atoms with van der Waals surface area (Å²) in [6.07, 6.45) is 3.06. The molecule has 0 saturated carbocycles. The standard InChI is InChI=1S/C16H29N3O/c1-6-14(4)19(9-10-20-5)16-8-7-15(12-18-16)11-17-13(2)3/h7-8,12-14,17H,6,9-11H2,1-5H3. The molecular weight excluding hydrogens is 250 g/mol. The molecule has 1 atom stereocenters. The minimum absolute atomic E-state index is 0.470. The van der Waals surface area contributed by atoms with Gasteiger partial charge in [0, 0.05) is 38.5 Å². The second kappa shape index (κ2) is 8.93. The van der Waals surface area contributed by atoms with Gasteiger partial charge in [-0.1, -0.05) is 26.8 Å². The molecule has 0 aromatic carbocycles. The monoisotopic (exact) mass is 279 g/mol. The molecule has 0 aliphatic rings. The van der Waals surface area contributed by atoms with Crippen LogP contribution < -0.4 is 10.2 Å². The van der Waals surface area contributed by atoms with Crippen LogP contribution in [0.4, 0.5) is 5.82 Å². The Balaban J connectivity index is 2.71. The van der Waals surface area contributed by atoms with E-state index in [0.29, 0.717) is 12.1 Å². The van der Waals surface area contributed by atoms with Gasteiger partial charge in [0.25, 0.3) is 0 Å². The summed E-state index contributed by atoms with van der Waals surface area (Å²) in [7, 11) is 1.74. The number of methoxy groups -OCH3 is 1. The SMILES string of the molecule is CCC(C)N(CCOC)c1ccc(CNC(C)C)cn1. The summed E-state index contributed by atoms with van der Waals surface area (Å²) in [5, 5.41) is 3.41. The Kier molecular flexibility index (Phi) is 7.55. The van der Waals surface area contributed by atoms with Gasteiger partial charge >= 0.3 is 0 Å². The maximum absolute atomic E-state index is 5.20. The lowest BCUT2D eigenvalue weighted by Gasteiger charge is -2.29. The summed E-state index contributed by atoms with van der Waals surface area (Å²) >= 11 is 0. The van der Waals surface area contributed by atoms with E-state index in [1.807, 2.05) is 6.20 Å². The first-order chi connectivity index (χ1) is 9.58. The van der Waals surface area contributed by atoms with Crippen molar-refractivity contribution in [3.63, 3.8) is 0 Å². The van der Waals surface area contributed by atoms with Crippen LogP contribution in [-0.4, -0.2) is 37.3 Å². The van der Waals surface area contributed by atoms with Crippen molar-refractivity contribution in [1.82, 2.24) is 10.3 Å². The highest BCUT2D eigenvalue weighted by molar-refractivity contribution is 5.40. The molecule has 1 aromatic heterocycles. The number of pyridine rings is 1. The Hall–Kier alpha value is -1.13. The van der Waals surface area contributed by atoms with Crippen LogP contribution in [0.15, 0.2) is 18.3 Å². The molecule has 0 spiro atoms. The summed E-state index contributed by atoms with van der Waals surface area (Å²) < 4.78 is 5.20. The smallest absolute Gasteiger partial charge is 0.128 e. The molecule has 0 amide bonds. The summed E-state index contributed by atoms with van der Waals surface area (Å²) in [6, 6.07) is 5.23. The maximum atomic E-state index is 5.20. The quantitative estimate of drug-likeness (QED) is 0.754. The second-order valence-electron chi connectivity index (χ2n) is 5.50. The highest BCUT2D eigenvalue weighted by Crippen LogP contribution is 2.16. The summed E-state index contributed by atoms with van der Waals surface area (Å²) in [5.74, 6) is 1.03.